The highest BCUT2D eigenvalue weighted by Gasteiger charge is 2.22. The molecule has 0 unspecified atom stereocenters. The third kappa shape index (κ3) is 2.97. The van der Waals surface area contributed by atoms with Gasteiger partial charge in [-0.25, -0.2) is 4.98 Å². The molecule has 0 spiro atoms. The first-order valence-corrected chi connectivity index (χ1v) is 6.49. The van der Waals surface area contributed by atoms with Crippen molar-refractivity contribution in [1.82, 2.24) is 4.98 Å². The summed E-state index contributed by atoms with van der Waals surface area (Å²) in [6.07, 6.45) is 6.91. The molecule has 1 fully saturated rings. The number of aromatic nitrogens is 1. The lowest BCUT2D eigenvalue weighted by atomic mass is 9.87. The lowest BCUT2D eigenvalue weighted by Gasteiger charge is -2.34. The molecule has 1 aromatic heterocycles. The van der Waals surface area contributed by atoms with Crippen molar-refractivity contribution in [2.24, 2.45) is 5.92 Å². The molecule has 0 amide bonds. The van der Waals surface area contributed by atoms with E-state index < -0.39 is 0 Å². The molecule has 94 valence electrons. The van der Waals surface area contributed by atoms with Crippen molar-refractivity contribution in [3.8, 4) is 0 Å². The Morgan fingerprint density at radius 1 is 1.35 bits per heavy atom. The Balaban J connectivity index is 2.05. The van der Waals surface area contributed by atoms with Crippen molar-refractivity contribution in [3.05, 3.63) is 23.9 Å². The van der Waals surface area contributed by atoms with E-state index in [1.807, 2.05) is 12.1 Å². The van der Waals surface area contributed by atoms with Crippen LogP contribution in [0.2, 0.25) is 0 Å². The van der Waals surface area contributed by atoms with Gasteiger partial charge in [0, 0.05) is 19.3 Å². The second-order valence-corrected chi connectivity index (χ2v) is 5.21. The van der Waals surface area contributed by atoms with E-state index in [1.54, 1.807) is 6.20 Å². The summed E-state index contributed by atoms with van der Waals surface area (Å²) < 4.78 is 0. The van der Waals surface area contributed by atoms with Crippen molar-refractivity contribution in [1.29, 1.82) is 0 Å². The number of aliphatic hydroxyl groups is 1. The van der Waals surface area contributed by atoms with Gasteiger partial charge in [-0.15, -0.1) is 0 Å². The molecule has 1 heterocycles. The average molecular weight is 234 g/mol. The summed E-state index contributed by atoms with van der Waals surface area (Å²) in [4.78, 5) is 6.67. The maximum atomic E-state index is 9.14. The zero-order valence-corrected chi connectivity index (χ0v) is 10.8. The summed E-state index contributed by atoms with van der Waals surface area (Å²) in [5.41, 5.74) is 0.936. The number of anilines is 1. The molecule has 0 atom stereocenters. The molecule has 1 aliphatic rings. The lowest BCUT2D eigenvalue weighted by Crippen LogP contribution is -2.35. The maximum absolute atomic E-state index is 9.14. The first kappa shape index (κ1) is 12.4. The van der Waals surface area contributed by atoms with Crippen LogP contribution in [0.3, 0.4) is 0 Å². The van der Waals surface area contributed by atoms with Gasteiger partial charge in [-0.2, -0.15) is 0 Å². The van der Waals surface area contributed by atoms with Gasteiger partial charge in [0.2, 0.25) is 0 Å². The Hall–Kier alpha value is -1.09. The second kappa shape index (κ2) is 5.50. The van der Waals surface area contributed by atoms with Crippen LogP contribution >= 0.6 is 0 Å². The van der Waals surface area contributed by atoms with Crippen LogP contribution in [0.1, 0.15) is 38.2 Å². The van der Waals surface area contributed by atoms with Crippen molar-refractivity contribution in [2.75, 3.05) is 11.9 Å². The molecule has 0 radical (unpaired) electrons. The normalized spacial score (nSPS) is 24.6. The van der Waals surface area contributed by atoms with Crippen LogP contribution in [0.4, 0.5) is 5.82 Å². The summed E-state index contributed by atoms with van der Waals surface area (Å²) in [7, 11) is 2.12. The Kier molecular flexibility index (Phi) is 4.00. The minimum Gasteiger partial charge on any atom is -0.392 e. The van der Waals surface area contributed by atoms with Gasteiger partial charge in [-0.05, 0) is 49.3 Å². The molecular weight excluding hydrogens is 212 g/mol. The molecule has 2 rings (SSSR count). The van der Waals surface area contributed by atoms with Gasteiger partial charge in [0.1, 0.15) is 5.82 Å². The zero-order chi connectivity index (χ0) is 12.3. The summed E-state index contributed by atoms with van der Waals surface area (Å²) >= 11 is 0. The topological polar surface area (TPSA) is 36.4 Å². The van der Waals surface area contributed by atoms with Gasteiger partial charge < -0.3 is 10.0 Å². The van der Waals surface area contributed by atoms with Crippen molar-refractivity contribution in [2.45, 2.75) is 45.3 Å². The van der Waals surface area contributed by atoms with Gasteiger partial charge in [-0.3, -0.25) is 0 Å². The lowest BCUT2D eigenvalue weighted by molar-refractivity contribution is 0.281. The van der Waals surface area contributed by atoms with Gasteiger partial charge >= 0.3 is 0 Å². The molecule has 0 saturated heterocycles. The summed E-state index contributed by atoms with van der Waals surface area (Å²) in [6.45, 7) is 2.42. The Labute approximate surface area is 103 Å². The Morgan fingerprint density at radius 2 is 2.06 bits per heavy atom. The summed E-state index contributed by atoms with van der Waals surface area (Å²) in [5, 5.41) is 9.14. The summed E-state index contributed by atoms with van der Waals surface area (Å²) in [5.74, 6) is 1.85. The number of nitrogens with zero attached hydrogens (tertiary/aromatic N) is 2. The van der Waals surface area contributed by atoms with E-state index in [9.17, 15) is 0 Å². The highest BCUT2D eigenvalue weighted by molar-refractivity contribution is 5.41. The smallest absolute Gasteiger partial charge is 0.128 e. The molecule has 0 aromatic carbocycles. The highest BCUT2D eigenvalue weighted by Crippen LogP contribution is 2.28. The number of aliphatic hydroxyl groups excluding tert-OH is 1. The fourth-order valence-corrected chi connectivity index (χ4v) is 2.57. The van der Waals surface area contributed by atoms with Gasteiger partial charge in [-0.1, -0.05) is 6.92 Å². The predicted octanol–water partition coefficient (Wildman–Crippen LogP) is 2.59. The average Bonchev–Trinajstić information content (AvgIpc) is 2.39. The van der Waals surface area contributed by atoms with E-state index in [0.29, 0.717) is 6.04 Å². The maximum Gasteiger partial charge on any atom is 0.128 e. The highest BCUT2D eigenvalue weighted by atomic mass is 16.3. The fraction of sp³-hybridized carbons (Fsp3) is 0.643. The first-order valence-electron chi connectivity index (χ1n) is 6.49. The SMILES string of the molecule is CC1CCC(N(C)c2cc(CO)ccn2)CC1. The molecule has 17 heavy (non-hydrogen) atoms. The molecule has 3 heteroatoms. The van der Waals surface area contributed by atoms with Crippen LogP contribution in [0, 0.1) is 5.92 Å². The molecule has 0 bridgehead atoms. The van der Waals surface area contributed by atoms with E-state index in [1.165, 1.54) is 25.7 Å². The van der Waals surface area contributed by atoms with E-state index in [-0.39, 0.29) is 6.61 Å². The monoisotopic (exact) mass is 234 g/mol. The van der Waals surface area contributed by atoms with E-state index in [0.717, 1.165) is 17.3 Å². The van der Waals surface area contributed by atoms with Crippen molar-refractivity contribution >= 4 is 5.82 Å². The minimum absolute atomic E-state index is 0.0884. The standard InChI is InChI=1S/C14H22N2O/c1-11-3-5-13(6-4-11)16(2)14-9-12(10-17)7-8-15-14/h7-9,11,13,17H,3-6,10H2,1-2H3. The Morgan fingerprint density at radius 3 is 2.71 bits per heavy atom. The van der Waals surface area contributed by atoms with E-state index >= 15 is 0 Å². The van der Waals surface area contributed by atoms with E-state index in [4.69, 9.17) is 5.11 Å². The molecule has 1 aliphatic carbocycles. The molecule has 3 nitrogen and oxygen atoms in total. The number of hydrogen-bond acceptors (Lipinski definition) is 3. The molecule has 1 aromatic rings. The quantitative estimate of drug-likeness (QED) is 0.873. The first-order chi connectivity index (χ1) is 8.20. The van der Waals surface area contributed by atoms with Crippen LogP contribution < -0.4 is 4.90 Å². The van der Waals surface area contributed by atoms with Crippen molar-refractivity contribution < 1.29 is 5.11 Å². The third-order valence-electron chi connectivity index (χ3n) is 3.89. The van der Waals surface area contributed by atoms with Gasteiger partial charge in [0.25, 0.3) is 0 Å². The third-order valence-corrected chi connectivity index (χ3v) is 3.89. The fourth-order valence-electron chi connectivity index (χ4n) is 2.57. The number of rotatable bonds is 3. The van der Waals surface area contributed by atoms with Crippen LogP contribution in [-0.2, 0) is 6.61 Å². The predicted molar refractivity (Wildman–Crippen MR) is 70.0 cm³/mol. The van der Waals surface area contributed by atoms with E-state index in [2.05, 4.69) is 23.9 Å². The second-order valence-electron chi connectivity index (χ2n) is 5.21. The summed E-state index contributed by atoms with van der Waals surface area (Å²) in [6, 6.07) is 4.45. The van der Waals surface area contributed by atoms with Crippen LogP contribution in [0.15, 0.2) is 18.3 Å². The van der Waals surface area contributed by atoms with Gasteiger partial charge in [0.05, 0.1) is 6.61 Å². The number of pyridine rings is 1. The van der Waals surface area contributed by atoms with Gasteiger partial charge in [0.15, 0.2) is 0 Å². The number of hydrogen-bond donors (Lipinski definition) is 1. The molecule has 1 saturated carbocycles. The molecule has 0 aliphatic heterocycles. The van der Waals surface area contributed by atoms with Crippen LogP contribution in [0.5, 0.6) is 0 Å². The molecule has 1 N–H and O–H groups in total. The Bertz CT molecular complexity index is 359. The van der Waals surface area contributed by atoms with Crippen LogP contribution in [-0.4, -0.2) is 23.2 Å². The minimum atomic E-state index is 0.0884. The van der Waals surface area contributed by atoms with Crippen LogP contribution in [0.25, 0.3) is 0 Å². The van der Waals surface area contributed by atoms with Crippen molar-refractivity contribution in [3.63, 3.8) is 0 Å². The zero-order valence-electron chi connectivity index (χ0n) is 10.8. The largest absolute Gasteiger partial charge is 0.392 e. The molecular formula is C14H22N2O.